The van der Waals surface area contributed by atoms with Gasteiger partial charge in [0.05, 0.1) is 15.9 Å². The van der Waals surface area contributed by atoms with Crippen LogP contribution in [0.25, 0.3) is 26.5 Å². The van der Waals surface area contributed by atoms with Gasteiger partial charge in [-0.15, -0.1) is 11.3 Å². The van der Waals surface area contributed by atoms with Crippen LogP contribution < -0.4 is 10.9 Å². The number of thiazole rings is 1. The van der Waals surface area contributed by atoms with Crippen molar-refractivity contribution in [3.8, 4) is 16.3 Å². The molecule has 3 heterocycles. The number of fused-ring (bicyclic) bond motifs is 1. The maximum absolute atomic E-state index is 14.1. The van der Waals surface area contributed by atoms with Crippen LogP contribution >= 0.6 is 11.3 Å². The summed E-state index contributed by atoms with van der Waals surface area (Å²) >= 11 is 1.63. The number of aryl methyl sites for hydroxylation is 1. The summed E-state index contributed by atoms with van der Waals surface area (Å²) in [5.74, 6) is -1.12. The first-order valence-electron chi connectivity index (χ1n) is 15.5. The van der Waals surface area contributed by atoms with E-state index in [0.717, 1.165) is 32.2 Å². The number of amides is 1. The minimum atomic E-state index is -0.776. The van der Waals surface area contributed by atoms with Crippen molar-refractivity contribution >= 4 is 33.1 Å². The Kier molecular flexibility index (Phi) is 9.21. The Bertz CT molecular complexity index is 1940. The molecular formula is C36H38N4O5S. The molecular weight excluding hydrogens is 600 g/mol. The molecule has 3 aromatic carbocycles. The summed E-state index contributed by atoms with van der Waals surface area (Å²) in [7, 11) is 1.85. The van der Waals surface area contributed by atoms with Crippen LogP contribution in [0, 0.1) is 19.8 Å². The van der Waals surface area contributed by atoms with Crippen LogP contribution in [0.1, 0.15) is 42.5 Å². The summed E-state index contributed by atoms with van der Waals surface area (Å²) in [6.45, 7) is 6.19. The number of nitrogens with zero attached hydrogens (tertiary/aromatic N) is 3. The lowest BCUT2D eigenvalue weighted by Crippen LogP contribution is -2.39. The van der Waals surface area contributed by atoms with Gasteiger partial charge < -0.3 is 19.9 Å². The summed E-state index contributed by atoms with van der Waals surface area (Å²) in [4.78, 5) is 32.5. The molecule has 3 atom stereocenters. The fourth-order valence-corrected chi connectivity index (χ4v) is 7.19. The van der Waals surface area contributed by atoms with Crippen LogP contribution in [0.3, 0.4) is 0 Å². The normalized spacial score (nSPS) is 17.9. The molecule has 46 heavy (non-hydrogen) atoms. The minimum Gasteiger partial charge on any atom is -0.459 e. The Morgan fingerprint density at radius 3 is 2.57 bits per heavy atom. The molecule has 0 radical (unpaired) electrons. The van der Waals surface area contributed by atoms with E-state index in [9.17, 15) is 14.7 Å². The lowest BCUT2D eigenvalue weighted by atomic mass is 9.80. The van der Waals surface area contributed by atoms with Gasteiger partial charge in [-0.05, 0) is 93.8 Å². The van der Waals surface area contributed by atoms with Crippen LogP contribution in [0.4, 0.5) is 5.69 Å². The van der Waals surface area contributed by atoms with E-state index in [1.54, 1.807) is 22.1 Å². The third-order valence-corrected chi connectivity index (χ3v) is 9.57. The average Bonchev–Trinajstić information content (AvgIpc) is 3.57. The molecule has 5 aromatic rings. The largest absolute Gasteiger partial charge is 0.459 e. The number of anilines is 1. The lowest BCUT2D eigenvalue weighted by molar-refractivity contribution is -0.165. The number of para-hydroxylation sites is 1. The van der Waals surface area contributed by atoms with Crippen molar-refractivity contribution in [3.63, 3.8) is 0 Å². The summed E-state index contributed by atoms with van der Waals surface area (Å²) in [5, 5.41) is 13.6. The summed E-state index contributed by atoms with van der Waals surface area (Å²) in [5.41, 5.74) is 5.65. The highest BCUT2D eigenvalue weighted by Gasteiger charge is 2.40. The highest BCUT2D eigenvalue weighted by molar-refractivity contribution is 7.21. The monoisotopic (exact) mass is 638 g/mol. The van der Waals surface area contributed by atoms with Crippen molar-refractivity contribution < 1.29 is 19.4 Å². The van der Waals surface area contributed by atoms with E-state index >= 15 is 0 Å². The minimum absolute atomic E-state index is 0.00615. The van der Waals surface area contributed by atoms with Gasteiger partial charge in [-0.2, -0.15) is 0 Å². The van der Waals surface area contributed by atoms with Gasteiger partial charge in [-0.25, -0.2) is 9.67 Å². The number of allylic oxidation sites excluding steroid dienone is 1. The molecule has 2 N–H and O–H groups in total. The number of rotatable bonds is 10. The number of carbonyl (C=O) groups is 1. The lowest BCUT2D eigenvalue weighted by Gasteiger charge is -2.36. The Morgan fingerprint density at radius 1 is 1.09 bits per heavy atom. The Labute approximate surface area is 271 Å². The number of hydrogen-bond donors (Lipinski definition) is 2. The SMILES string of the molecule is CCO[C@@H]1OC(C(=O)Nc2ccc(-c3nc4ccc(C)cc4s3)cc2)=C[C@H](c2c(C)n(C)n(-c3ccccc3)c2=O)[C@@H]1CCCO. The molecule has 0 spiro atoms. The van der Waals surface area contributed by atoms with Gasteiger partial charge in [0.2, 0.25) is 6.29 Å². The topological polar surface area (TPSA) is 108 Å². The van der Waals surface area contributed by atoms with Crippen molar-refractivity contribution in [2.24, 2.45) is 13.0 Å². The molecule has 238 valence electrons. The van der Waals surface area contributed by atoms with E-state index in [1.807, 2.05) is 86.2 Å². The van der Waals surface area contributed by atoms with Gasteiger partial charge in [-0.3, -0.25) is 14.3 Å². The molecule has 0 aliphatic carbocycles. The zero-order valence-corrected chi connectivity index (χ0v) is 27.2. The Hall–Kier alpha value is -4.51. The zero-order valence-electron chi connectivity index (χ0n) is 26.4. The predicted molar refractivity (Wildman–Crippen MR) is 181 cm³/mol. The van der Waals surface area contributed by atoms with Crippen molar-refractivity contribution in [2.45, 2.75) is 45.8 Å². The van der Waals surface area contributed by atoms with Crippen molar-refractivity contribution in [1.29, 1.82) is 0 Å². The molecule has 0 saturated carbocycles. The van der Waals surface area contributed by atoms with E-state index in [4.69, 9.17) is 14.5 Å². The summed E-state index contributed by atoms with van der Waals surface area (Å²) < 4.78 is 16.8. The standard InChI is InChI=1S/C36H38N4O5S/c1-5-44-36-27(12-9-19-41)28(32-23(3)39(4)40(35(32)43)26-10-7-6-8-11-26)21-30(45-36)33(42)37-25-16-14-24(15-17-25)34-38-29-18-13-22(2)20-31(29)46-34/h6-8,10-11,13-18,20-21,27-28,36,41H,5,9,12,19H2,1-4H3,(H,37,42)/t27-,28-,36+/m0/s1. The van der Waals surface area contributed by atoms with Crippen molar-refractivity contribution in [3.05, 3.63) is 112 Å². The molecule has 10 heteroatoms. The van der Waals surface area contributed by atoms with E-state index in [0.29, 0.717) is 30.7 Å². The first-order chi connectivity index (χ1) is 22.3. The average molecular weight is 639 g/mol. The smallest absolute Gasteiger partial charge is 0.290 e. The van der Waals surface area contributed by atoms with Crippen LogP contribution in [-0.4, -0.2) is 44.9 Å². The second-order valence-electron chi connectivity index (χ2n) is 11.5. The van der Waals surface area contributed by atoms with Crippen molar-refractivity contribution in [2.75, 3.05) is 18.5 Å². The third-order valence-electron chi connectivity index (χ3n) is 8.50. The van der Waals surface area contributed by atoms with E-state index in [-0.39, 0.29) is 23.8 Å². The van der Waals surface area contributed by atoms with Gasteiger partial charge in [0.25, 0.3) is 11.5 Å². The number of benzene rings is 3. The third kappa shape index (κ3) is 6.16. The molecule has 1 aliphatic heterocycles. The summed E-state index contributed by atoms with van der Waals surface area (Å²) in [6.07, 6.45) is 2.01. The van der Waals surface area contributed by atoms with E-state index in [2.05, 4.69) is 24.4 Å². The van der Waals surface area contributed by atoms with Crippen LogP contribution in [0.2, 0.25) is 0 Å². The maximum atomic E-state index is 14.1. The highest BCUT2D eigenvalue weighted by Crippen LogP contribution is 2.40. The number of aliphatic hydroxyl groups excluding tert-OH is 1. The van der Waals surface area contributed by atoms with Gasteiger partial charge in [0.1, 0.15) is 5.01 Å². The number of ether oxygens (including phenoxy) is 2. The van der Waals surface area contributed by atoms with Crippen LogP contribution in [0.15, 0.2) is 89.4 Å². The molecule has 9 nitrogen and oxygen atoms in total. The second-order valence-corrected chi connectivity index (χ2v) is 12.6. The Morgan fingerprint density at radius 2 is 1.85 bits per heavy atom. The summed E-state index contributed by atoms with van der Waals surface area (Å²) in [6, 6.07) is 23.2. The fraction of sp³-hybridized carbons (Fsp3) is 0.306. The van der Waals surface area contributed by atoms with Gasteiger partial charge in [-0.1, -0.05) is 24.3 Å². The highest BCUT2D eigenvalue weighted by atomic mass is 32.1. The molecule has 1 amide bonds. The first kappa shape index (κ1) is 31.5. The first-order valence-corrected chi connectivity index (χ1v) is 16.3. The van der Waals surface area contributed by atoms with E-state index < -0.39 is 18.1 Å². The Balaban J connectivity index is 1.32. The van der Waals surface area contributed by atoms with Gasteiger partial charge in [0.15, 0.2) is 5.76 Å². The number of aliphatic hydroxyl groups is 1. The second kappa shape index (κ2) is 13.5. The van der Waals surface area contributed by atoms with Crippen LogP contribution in [0.5, 0.6) is 0 Å². The number of nitrogens with one attached hydrogen (secondary N) is 1. The predicted octanol–water partition coefficient (Wildman–Crippen LogP) is 6.46. The maximum Gasteiger partial charge on any atom is 0.290 e. The molecule has 0 fully saturated rings. The molecule has 2 aromatic heterocycles. The van der Waals surface area contributed by atoms with E-state index in [1.165, 1.54) is 5.56 Å². The van der Waals surface area contributed by atoms with Crippen LogP contribution in [-0.2, 0) is 21.3 Å². The number of aromatic nitrogens is 3. The zero-order chi connectivity index (χ0) is 32.4. The number of carbonyl (C=O) groups excluding carboxylic acids is 1. The van der Waals surface area contributed by atoms with Gasteiger partial charge in [0, 0.05) is 54.6 Å². The molecule has 0 bridgehead atoms. The molecule has 0 unspecified atom stereocenters. The van der Waals surface area contributed by atoms with Crippen molar-refractivity contribution in [1.82, 2.24) is 14.3 Å². The molecule has 0 saturated heterocycles. The quantitative estimate of drug-likeness (QED) is 0.182. The van der Waals surface area contributed by atoms with Gasteiger partial charge >= 0.3 is 0 Å². The molecule has 6 rings (SSSR count). The number of hydrogen-bond acceptors (Lipinski definition) is 7. The fourth-order valence-electron chi connectivity index (χ4n) is 6.12. The molecule has 1 aliphatic rings.